The van der Waals surface area contributed by atoms with Gasteiger partial charge in [0.25, 0.3) is 0 Å². The van der Waals surface area contributed by atoms with Gasteiger partial charge >= 0.3 is 0 Å². The molecule has 2 heterocycles. The number of fused-ring (bicyclic) bond motifs is 1. The fraction of sp³-hybridized carbons (Fsp3) is 0.429. The fourth-order valence-electron chi connectivity index (χ4n) is 1.15. The molecule has 0 bridgehead atoms. The maximum atomic E-state index is 5.78. The molecule has 0 amide bonds. The Bertz CT molecular complexity index is 305. The van der Waals surface area contributed by atoms with Crippen molar-refractivity contribution in [3.63, 3.8) is 0 Å². The third-order valence-corrected chi connectivity index (χ3v) is 2.08. The van der Waals surface area contributed by atoms with Gasteiger partial charge in [0.15, 0.2) is 10.9 Å². The van der Waals surface area contributed by atoms with Crippen LogP contribution in [0.3, 0.4) is 0 Å². The Morgan fingerprint density at radius 2 is 2.50 bits per heavy atom. The molecule has 4 nitrogen and oxygen atoms in total. The van der Waals surface area contributed by atoms with Gasteiger partial charge < -0.3 is 9.64 Å². The van der Waals surface area contributed by atoms with E-state index in [1.807, 2.05) is 11.9 Å². The highest BCUT2D eigenvalue weighted by Crippen LogP contribution is 2.34. The Hall–Kier alpha value is -1.03. The summed E-state index contributed by atoms with van der Waals surface area (Å²) in [5.74, 6) is 0.639. The third kappa shape index (κ3) is 1.08. The zero-order valence-electron chi connectivity index (χ0n) is 6.62. The minimum atomic E-state index is 0.332. The van der Waals surface area contributed by atoms with Crippen molar-refractivity contribution in [2.45, 2.75) is 0 Å². The third-order valence-electron chi connectivity index (χ3n) is 1.83. The number of halogens is 1. The van der Waals surface area contributed by atoms with Gasteiger partial charge in [0.05, 0.1) is 12.7 Å². The normalized spacial score (nSPS) is 15.3. The van der Waals surface area contributed by atoms with Crippen LogP contribution in [0, 0.1) is 0 Å². The summed E-state index contributed by atoms with van der Waals surface area (Å²) in [6.07, 6.45) is 1.65. The van der Waals surface area contributed by atoms with E-state index in [9.17, 15) is 0 Å². The summed E-state index contributed by atoms with van der Waals surface area (Å²) in [5, 5.41) is 7.77. The highest BCUT2D eigenvalue weighted by atomic mass is 35.5. The average molecular weight is 186 g/mol. The number of hydrogen-bond acceptors (Lipinski definition) is 4. The molecule has 12 heavy (non-hydrogen) atoms. The Kier molecular flexibility index (Phi) is 1.77. The van der Waals surface area contributed by atoms with Crippen LogP contribution in [0.4, 0.5) is 5.69 Å². The van der Waals surface area contributed by atoms with Crippen molar-refractivity contribution in [3.05, 3.63) is 11.3 Å². The number of aromatic nitrogens is 2. The fourth-order valence-corrected chi connectivity index (χ4v) is 1.35. The molecule has 2 rings (SSSR count). The zero-order valence-corrected chi connectivity index (χ0v) is 7.38. The molecule has 64 valence electrons. The first-order chi connectivity index (χ1) is 5.79. The quantitative estimate of drug-likeness (QED) is 0.604. The first kappa shape index (κ1) is 7.61. The van der Waals surface area contributed by atoms with Crippen LogP contribution in [0.15, 0.2) is 6.20 Å². The lowest BCUT2D eigenvalue weighted by Crippen LogP contribution is -2.29. The molecular weight excluding hydrogens is 178 g/mol. The lowest BCUT2D eigenvalue weighted by atomic mass is 10.3. The summed E-state index contributed by atoms with van der Waals surface area (Å²) >= 11 is 5.78. The van der Waals surface area contributed by atoms with Gasteiger partial charge in [-0.2, -0.15) is 5.10 Å². The van der Waals surface area contributed by atoms with Crippen molar-refractivity contribution in [1.29, 1.82) is 0 Å². The van der Waals surface area contributed by atoms with Crippen molar-refractivity contribution in [3.8, 4) is 5.75 Å². The van der Waals surface area contributed by atoms with Gasteiger partial charge in [-0.15, -0.1) is 5.10 Å². The van der Waals surface area contributed by atoms with Crippen LogP contribution in [-0.4, -0.2) is 30.4 Å². The first-order valence-electron chi connectivity index (χ1n) is 3.64. The molecule has 0 N–H and O–H groups in total. The van der Waals surface area contributed by atoms with E-state index in [2.05, 4.69) is 10.2 Å². The Morgan fingerprint density at radius 1 is 1.67 bits per heavy atom. The second-order valence-corrected chi connectivity index (χ2v) is 2.98. The van der Waals surface area contributed by atoms with Gasteiger partial charge in [-0.3, -0.25) is 0 Å². The Labute approximate surface area is 75.1 Å². The molecule has 0 aromatic carbocycles. The van der Waals surface area contributed by atoms with Crippen LogP contribution in [0.5, 0.6) is 5.75 Å². The van der Waals surface area contributed by atoms with Crippen LogP contribution in [-0.2, 0) is 0 Å². The van der Waals surface area contributed by atoms with E-state index in [0.29, 0.717) is 17.5 Å². The van der Waals surface area contributed by atoms with E-state index in [4.69, 9.17) is 16.3 Å². The van der Waals surface area contributed by atoms with Crippen LogP contribution in [0.1, 0.15) is 0 Å². The maximum absolute atomic E-state index is 5.78. The van der Waals surface area contributed by atoms with Gasteiger partial charge in [0, 0.05) is 7.05 Å². The van der Waals surface area contributed by atoms with Crippen molar-refractivity contribution in [2.75, 3.05) is 25.1 Å². The number of anilines is 1. The van der Waals surface area contributed by atoms with Gasteiger partial charge in [0.1, 0.15) is 12.3 Å². The molecule has 0 radical (unpaired) electrons. The van der Waals surface area contributed by atoms with Gasteiger partial charge in [0.2, 0.25) is 0 Å². The predicted octanol–water partition coefficient (Wildman–Crippen LogP) is 0.959. The summed E-state index contributed by atoms with van der Waals surface area (Å²) in [6, 6.07) is 0. The van der Waals surface area contributed by atoms with E-state index in [1.54, 1.807) is 6.20 Å². The SMILES string of the molecule is CN1CCOc2c1cnnc2Cl. The maximum Gasteiger partial charge on any atom is 0.195 e. The van der Waals surface area contributed by atoms with Crippen LogP contribution < -0.4 is 9.64 Å². The Morgan fingerprint density at radius 3 is 3.25 bits per heavy atom. The molecule has 0 spiro atoms. The second kappa shape index (κ2) is 2.79. The minimum absolute atomic E-state index is 0.332. The smallest absolute Gasteiger partial charge is 0.195 e. The number of ether oxygens (including phenoxy) is 1. The van der Waals surface area contributed by atoms with Crippen LogP contribution in [0.25, 0.3) is 0 Å². The van der Waals surface area contributed by atoms with E-state index in [1.165, 1.54) is 0 Å². The molecule has 5 heteroatoms. The van der Waals surface area contributed by atoms with Crippen LogP contribution in [0.2, 0.25) is 5.15 Å². The predicted molar refractivity (Wildman–Crippen MR) is 45.8 cm³/mol. The number of hydrogen-bond donors (Lipinski definition) is 0. The first-order valence-corrected chi connectivity index (χ1v) is 4.02. The van der Waals surface area contributed by atoms with Crippen LogP contribution >= 0.6 is 11.6 Å². The molecule has 1 aliphatic heterocycles. The minimum Gasteiger partial charge on any atom is -0.486 e. The summed E-state index contributed by atoms with van der Waals surface area (Å²) in [4.78, 5) is 2.04. The molecule has 0 atom stereocenters. The molecule has 1 aromatic heterocycles. The van der Waals surface area contributed by atoms with E-state index >= 15 is 0 Å². The lowest BCUT2D eigenvalue weighted by Gasteiger charge is -2.26. The summed E-state index contributed by atoms with van der Waals surface area (Å²) in [5.41, 5.74) is 0.904. The molecule has 0 aliphatic carbocycles. The van der Waals surface area contributed by atoms with Crippen molar-refractivity contribution < 1.29 is 4.74 Å². The summed E-state index contributed by atoms with van der Waals surface area (Å²) in [6.45, 7) is 1.50. The molecule has 0 saturated heterocycles. The van der Waals surface area contributed by atoms with E-state index in [-0.39, 0.29) is 0 Å². The lowest BCUT2D eigenvalue weighted by molar-refractivity contribution is 0.309. The molecule has 0 unspecified atom stereocenters. The highest BCUT2D eigenvalue weighted by molar-refractivity contribution is 6.31. The number of nitrogens with zero attached hydrogens (tertiary/aromatic N) is 3. The monoisotopic (exact) mass is 185 g/mol. The molecule has 1 aromatic rings. The zero-order chi connectivity index (χ0) is 8.55. The Balaban J connectivity index is 2.52. The van der Waals surface area contributed by atoms with Crippen molar-refractivity contribution in [2.24, 2.45) is 0 Å². The molecule has 1 aliphatic rings. The number of likely N-dealkylation sites (N-methyl/N-ethyl adjacent to an activating group) is 1. The second-order valence-electron chi connectivity index (χ2n) is 2.62. The van der Waals surface area contributed by atoms with Gasteiger partial charge in [-0.1, -0.05) is 11.6 Å². The molecular formula is C7H8ClN3O. The number of rotatable bonds is 0. The molecule has 0 fully saturated rings. The van der Waals surface area contributed by atoms with Gasteiger partial charge in [-0.05, 0) is 0 Å². The summed E-state index contributed by atoms with van der Waals surface area (Å²) in [7, 11) is 1.97. The van der Waals surface area contributed by atoms with Gasteiger partial charge in [-0.25, -0.2) is 0 Å². The van der Waals surface area contributed by atoms with E-state index in [0.717, 1.165) is 12.2 Å². The average Bonchev–Trinajstić information content (AvgIpc) is 2.07. The largest absolute Gasteiger partial charge is 0.486 e. The van der Waals surface area contributed by atoms with Crippen molar-refractivity contribution in [1.82, 2.24) is 10.2 Å². The highest BCUT2D eigenvalue weighted by Gasteiger charge is 2.18. The van der Waals surface area contributed by atoms with E-state index < -0.39 is 0 Å². The topological polar surface area (TPSA) is 38.2 Å². The standard InChI is InChI=1S/C7H8ClN3O/c1-11-2-3-12-6-5(11)4-9-10-7(6)8/h4H,2-3H2,1H3. The van der Waals surface area contributed by atoms with Crippen molar-refractivity contribution >= 4 is 17.3 Å². The summed E-state index contributed by atoms with van der Waals surface area (Å²) < 4.78 is 5.35. The molecule has 0 saturated carbocycles.